The van der Waals surface area contributed by atoms with Crippen LogP contribution in [0.3, 0.4) is 0 Å². The molecular weight excluding hydrogens is 272 g/mol. The summed E-state index contributed by atoms with van der Waals surface area (Å²) in [6.45, 7) is 1.89. The van der Waals surface area contributed by atoms with E-state index in [1.165, 1.54) is 0 Å². The van der Waals surface area contributed by atoms with Gasteiger partial charge in [0.05, 0.1) is 30.3 Å². The minimum absolute atomic E-state index is 0.0972. The van der Waals surface area contributed by atoms with Gasteiger partial charge in [-0.15, -0.1) is 0 Å². The highest BCUT2D eigenvalue weighted by atomic mass is 16.5. The highest BCUT2D eigenvalue weighted by Gasteiger charge is 2.47. The predicted octanol–water partition coefficient (Wildman–Crippen LogP) is 1.39. The molecule has 0 spiro atoms. The average molecular weight is 288 g/mol. The summed E-state index contributed by atoms with van der Waals surface area (Å²) in [6.07, 6.45) is 1.77. The Balaban J connectivity index is 1.87. The second-order valence-corrected chi connectivity index (χ2v) is 5.51. The molecule has 0 aliphatic carbocycles. The van der Waals surface area contributed by atoms with Crippen LogP contribution in [0.4, 0.5) is 0 Å². The summed E-state index contributed by atoms with van der Waals surface area (Å²) in [7, 11) is 0. The van der Waals surface area contributed by atoms with Crippen molar-refractivity contribution in [3.63, 3.8) is 0 Å². The van der Waals surface area contributed by atoms with Gasteiger partial charge in [-0.3, -0.25) is 9.59 Å². The van der Waals surface area contributed by atoms with Crippen molar-refractivity contribution in [1.82, 2.24) is 10.3 Å². The van der Waals surface area contributed by atoms with Gasteiger partial charge in [0.25, 0.3) is 5.91 Å². The van der Waals surface area contributed by atoms with E-state index >= 15 is 0 Å². The number of fused-ring (bicyclic) bond motifs is 1. The van der Waals surface area contributed by atoms with E-state index in [1.54, 1.807) is 25.3 Å². The summed E-state index contributed by atoms with van der Waals surface area (Å²) >= 11 is 0. The summed E-state index contributed by atoms with van der Waals surface area (Å²) in [5.74, 6) is -1.27. The molecule has 0 saturated carbocycles. The fraction of sp³-hybridized carbons (Fsp3) is 0.333. The summed E-state index contributed by atoms with van der Waals surface area (Å²) in [6, 6.07) is 6.75. The Morgan fingerprint density at radius 1 is 1.43 bits per heavy atom. The molecule has 0 radical (unpaired) electrons. The van der Waals surface area contributed by atoms with Crippen LogP contribution in [-0.2, 0) is 9.53 Å². The number of carbonyl (C=O) groups is 2. The minimum Gasteiger partial charge on any atom is -0.481 e. The van der Waals surface area contributed by atoms with E-state index in [0.717, 1.165) is 10.9 Å². The zero-order valence-electron chi connectivity index (χ0n) is 11.6. The van der Waals surface area contributed by atoms with E-state index in [2.05, 4.69) is 10.3 Å². The van der Waals surface area contributed by atoms with Gasteiger partial charge in [0.2, 0.25) is 0 Å². The molecule has 1 amide bonds. The molecule has 3 rings (SSSR count). The maximum atomic E-state index is 12.4. The van der Waals surface area contributed by atoms with Crippen molar-refractivity contribution in [3.8, 4) is 0 Å². The van der Waals surface area contributed by atoms with Crippen LogP contribution in [0.15, 0.2) is 30.5 Å². The standard InChI is InChI=1S/C15H16N2O4/c1-15(14(19)20)8-21-7-11(15)17-13(18)10-4-2-3-9-5-6-16-12(9)10/h2-6,11,16H,7-8H2,1H3,(H,17,18)(H,19,20). The summed E-state index contributed by atoms with van der Waals surface area (Å²) in [4.78, 5) is 26.9. The lowest BCUT2D eigenvalue weighted by atomic mass is 9.85. The van der Waals surface area contributed by atoms with Gasteiger partial charge in [0, 0.05) is 11.6 Å². The van der Waals surface area contributed by atoms with Gasteiger partial charge in [0.1, 0.15) is 5.41 Å². The largest absolute Gasteiger partial charge is 0.481 e. The lowest BCUT2D eigenvalue weighted by Gasteiger charge is -2.25. The van der Waals surface area contributed by atoms with Crippen LogP contribution >= 0.6 is 0 Å². The highest BCUT2D eigenvalue weighted by molar-refractivity contribution is 6.06. The number of nitrogens with one attached hydrogen (secondary N) is 2. The summed E-state index contributed by atoms with van der Waals surface area (Å²) in [5, 5.41) is 13.0. The zero-order chi connectivity index (χ0) is 15.0. The molecule has 2 aromatic rings. The van der Waals surface area contributed by atoms with Crippen molar-refractivity contribution in [2.24, 2.45) is 5.41 Å². The molecule has 1 aromatic carbocycles. The first-order valence-electron chi connectivity index (χ1n) is 6.70. The quantitative estimate of drug-likeness (QED) is 0.796. The molecule has 6 heteroatoms. The van der Waals surface area contributed by atoms with Crippen molar-refractivity contribution in [1.29, 1.82) is 0 Å². The number of hydrogen-bond acceptors (Lipinski definition) is 3. The Morgan fingerprint density at radius 3 is 3.00 bits per heavy atom. The van der Waals surface area contributed by atoms with E-state index in [9.17, 15) is 14.7 Å². The number of aliphatic carboxylic acids is 1. The molecule has 110 valence electrons. The Morgan fingerprint density at radius 2 is 2.24 bits per heavy atom. The molecule has 2 heterocycles. The third kappa shape index (κ3) is 2.17. The molecule has 1 aromatic heterocycles. The van der Waals surface area contributed by atoms with Gasteiger partial charge in [-0.2, -0.15) is 0 Å². The van der Waals surface area contributed by atoms with Crippen molar-refractivity contribution in [2.75, 3.05) is 13.2 Å². The maximum absolute atomic E-state index is 12.4. The van der Waals surface area contributed by atoms with Crippen molar-refractivity contribution in [2.45, 2.75) is 13.0 Å². The molecule has 2 atom stereocenters. The number of para-hydroxylation sites is 1. The number of carboxylic acids is 1. The molecular formula is C15H16N2O4. The molecule has 1 saturated heterocycles. The Labute approximate surface area is 121 Å². The normalized spacial score (nSPS) is 25.1. The zero-order valence-corrected chi connectivity index (χ0v) is 11.6. The fourth-order valence-corrected chi connectivity index (χ4v) is 2.60. The second kappa shape index (κ2) is 4.89. The number of carbonyl (C=O) groups excluding carboxylic acids is 1. The van der Waals surface area contributed by atoms with Gasteiger partial charge in [0.15, 0.2) is 0 Å². The Hall–Kier alpha value is -2.34. The van der Waals surface area contributed by atoms with Crippen LogP contribution in [0.1, 0.15) is 17.3 Å². The fourth-order valence-electron chi connectivity index (χ4n) is 2.60. The number of H-pyrrole nitrogens is 1. The van der Waals surface area contributed by atoms with Crippen LogP contribution in [-0.4, -0.2) is 41.2 Å². The van der Waals surface area contributed by atoms with E-state index in [-0.39, 0.29) is 19.1 Å². The third-order valence-corrected chi connectivity index (χ3v) is 4.08. The summed E-state index contributed by atoms with van der Waals surface area (Å²) in [5.41, 5.74) is 0.141. The molecule has 3 N–H and O–H groups in total. The first kappa shape index (κ1) is 13.6. The molecule has 6 nitrogen and oxygen atoms in total. The predicted molar refractivity (Wildman–Crippen MR) is 76.1 cm³/mol. The number of benzene rings is 1. The van der Waals surface area contributed by atoms with Crippen molar-refractivity contribution in [3.05, 3.63) is 36.0 Å². The van der Waals surface area contributed by atoms with Crippen molar-refractivity contribution >= 4 is 22.8 Å². The van der Waals surface area contributed by atoms with Crippen LogP contribution in [0.5, 0.6) is 0 Å². The number of carboxylic acid groups (broad SMARTS) is 1. The van der Waals surface area contributed by atoms with Crippen molar-refractivity contribution < 1.29 is 19.4 Å². The summed E-state index contributed by atoms with van der Waals surface area (Å²) < 4.78 is 5.24. The smallest absolute Gasteiger partial charge is 0.313 e. The first-order chi connectivity index (χ1) is 10.0. The monoisotopic (exact) mass is 288 g/mol. The van der Waals surface area contributed by atoms with Gasteiger partial charge in [-0.05, 0) is 19.1 Å². The number of aromatic nitrogens is 1. The Kier molecular flexibility index (Phi) is 3.17. The van der Waals surface area contributed by atoms with E-state index in [1.807, 2.05) is 12.1 Å². The Bertz CT molecular complexity index is 709. The second-order valence-electron chi connectivity index (χ2n) is 5.51. The van der Waals surface area contributed by atoms with E-state index in [0.29, 0.717) is 5.56 Å². The van der Waals surface area contributed by atoms with Crippen LogP contribution in [0, 0.1) is 5.41 Å². The molecule has 21 heavy (non-hydrogen) atoms. The van der Waals surface area contributed by atoms with Crippen LogP contribution < -0.4 is 5.32 Å². The first-order valence-corrected chi connectivity index (χ1v) is 6.70. The van der Waals surface area contributed by atoms with E-state index < -0.39 is 17.4 Å². The number of rotatable bonds is 3. The van der Waals surface area contributed by atoms with Crippen LogP contribution in [0.2, 0.25) is 0 Å². The molecule has 1 fully saturated rings. The number of aromatic amines is 1. The molecule has 2 unspecified atom stereocenters. The number of hydrogen-bond donors (Lipinski definition) is 3. The average Bonchev–Trinajstić information content (AvgIpc) is 3.06. The van der Waals surface area contributed by atoms with E-state index in [4.69, 9.17) is 4.74 Å². The lowest BCUT2D eigenvalue weighted by Crippen LogP contribution is -2.49. The maximum Gasteiger partial charge on any atom is 0.313 e. The highest BCUT2D eigenvalue weighted by Crippen LogP contribution is 2.29. The van der Waals surface area contributed by atoms with Gasteiger partial charge in [-0.25, -0.2) is 0 Å². The number of ether oxygens (including phenoxy) is 1. The topological polar surface area (TPSA) is 91.4 Å². The van der Waals surface area contributed by atoms with Gasteiger partial charge >= 0.3 is 5.97 Å². The van der Waals surface area contributed by atoms with Crippen LogP contribution in [0.25, 0.3) is 10.9 Å². The minimum atomic E-state index is -1.10. The molecule has 1 aliphatic rings. The third-order valence-electron chi connectivity index (χ3n) is 4.08. The van der Waals surface area contributed by atoms with Gasteiger partial charge in [-0.1, -0.05) is 12.1 Å². The molecule has 0 bridgehead atoms. The molecule has 1 aliphatic heterocycles. The lowest BCUT2D eigenvalue weighted by molar-refractivity contribution is -0.148. The van der Waals surface area contributed by atoms with Gasteiger partial charge < -0.3 is 20.1 Å². The number of amides is 1. The SMILES string of the molecule is CC1(C(=O)O)COCC1NC(=O)c1cccc2cc[nH]c12.